The summed E-state index contributed by atoms with van der Waals surface area (Å²) in [7, 11) is 1.66. The van der Waals surface area contributed by atoms with Crippen LogP contribution in [0, 0.1) is 0 Å². The maximum Gasteiger partial charge on any atom is 0.221 e. The molecule has 0 saturated carbocycles. The molecule has 1 fully saturated rings. The van der Waals surface area contributed by atoms with Crippen molar-refractivity contribution < 1.29 is 4.74 Å². The molecule has 0 atom stereocenters. The zero-order chi connectivity index (χ0) is 16.4. The summed E-state index contributed by atoms with van der Waals surface area (Å²) in [6, 6.07) is 14.6. The lowest BCUT2D eigenvalue weighted by Crippen LogP contribution is -2.46. The lowest BCUT2D eigenvalue weighted by Gasteiger charge is -2.36. The van der Waals surface area contributed by atoms with Crippen LogP contribution in [0.4, 0.5) is 11.5 Å². The van der Waals surface area contributed by atoms with Gasteiger partial charge in [-0.2, -0.15) is 0 Å². The summed E-state index contributed by atoms with van der Waals surface area (Å²) in [5, 5.41) is 2.21. The second-order valence-corrected chi connectivity index (χ2v) is 5.89. The Labute approximate surface area is 141 Å². The quantitative estimate of drug-likeness (QED) is 0.742. The summed E-state index contributed by atoms with van der Waals surface area (Å²) in [4.78, 5) is 13.5. The molecular formula is C19H20N4O. The molecule has 0 unspecified atom stereocenters. The Morgan fingerprint density at radius 2 is 1.71 bits per heavy atom. The minimum atomic E-state index is 0.680. The third kappa shape index (κ3) is 2.73. The molecule has 1 aromatic carbocycles. The predicted molar refractivity (Wildman–Crippen MR) is 97.0 cm³/mol. The molecule has 122 valence electrons. The molecule has 0 N–H and O–H groups in total. The highest BCUT2D eigenvalue weighted by molar-refractivity contribution is 5.89. The van der Waals surface area contributed by atoms with Crippen molar-refractivity contribution in [1.82, 2.24) is 9.97 Å². The molecule has 1 aliphatic heterocycles. The molecule has 1 saturated heterocycles. The molecule has 5 heteroatoms. The van der Waals surface area contributed by atoms with Crippen LogP contribution in [0.25, 0.3) is 10.8 Å². The number of rotatable bonds is 3. The number of hydrogen-bond acceptors (Lipinski definition) is 5. The van der Waals surface area contributed by atoms with Crippen LogP contribution in [-0.2, 0) is 0 Å². The molecule has 1 aliphatic rings. The van der Waals surface area contributed by atoms with E-state index in [9.17, 15) is 0 Å². The monoisotopic (exact) mass is 320 g/mol. The Kier molecular flexibility index (Phi) is 3.91. The number of benzene rings is 1. The first-order valence-electron chi connectivity index (χ1n) is 8.19. The van der Waals surface area contributed by atoms with Gasteiger partial charge in [-0.15, -0.1) is 0 Å². The van der Waals surface area contributed by atoms with Gasteiger partial charge in [0.25, 0.3) is 0 Å². The van der Waals surface area contributed by atoms with Gasteiger partial charge in [0.1, 0.15) is 5.82 Å². The summed E-state index contributed by atoms with van der Waals surface area (Å²) >= 11 is 0. The Morgan fingerprint density at radius 1 is 0.875 bits per heavy atom. The largest absolute Gasteiger partial charge is 0.481 e. The maximum atomic E-state index is 5.34. The van der Waals surface area contributed by atoms with Crippen molar-refractivity contribution in [3.8, 4) is 5.88 Å². The first-order chi connectivity index (χ1) is 11.8. The molecule has 24 heavy (non-hydrogen) atoms. The van der Waals surface area contributed by atoms with E-state index in [2.05, 4.69) is 44.0 Å². The number of hydrogen-bond donors (Lipinski definition) is 0. The summed E-state index contributed by atoms with van der Waals surface area (Å²) in [6.45, 7) is 3.94. The first kappa shape index (κ1) is 14.8. The molecule has 2 aromatic heterocycles. The van der Waals surface area contributed by atoms with Gasteiger partial charge in [0.05, 0.1) is 7.11 Å². The van der Waals surface area contributed by atoms with E-state index < -0.39 is 0 Å². The van der Waals surface area contributed by atoms with Crippen LogP contribution in [0.2, 0.25) is 0 Å². The van der Waals surface area contributed by atoms with Gasteiger partial charge in [0.15, 0.2) is 0 Å². The number of methoxy groups -OCH3 is 1. The second kappa shape index (κ2) is 6.35. The molecule has 0 spiro atoms. The van der Waals surface area contributed by atoms with Gasteiger partial charge in [0.2, 0.25) is 5.88 Å². The van der Waals surface area contributed by atoms with Crippen LogP contribution in [0.15, 0.2) is 54.9 Å². The standard InChI is InChI=1S/C19H20N4O/c1-24-19-17-6-5-16(14-15(17)7-9-21-19)22-10-12-23(13-11-22)18-4-2-3-8-20-18/h2-9,14H,10-13H2,1H3. The summed E-state index contributed by atoms with van der Waals surface area (Å²) < 4.78 is 5.34. The summed E-state index contributed by atoms with van der Waals surface area (Å²) in [5.41, 5.74) is 1.25. The SMILES string of the molecule is COc1nccc2cc(N3CCN(c4ccccn4)CC3)ccc12. The average Bonchev–Trinajstić information content (AvgIpc) is 2.68. The average molecular weight is 320 g/mol. The van der Waals surface area contributed by atoms with Crippen molar-refractivity contribution in [2.45, 2.75) is 0 Å². The van der Waals surface area contributed by atoms with Gasteiger partial charge < -0.3 is 14.5 Å². The zero-order valence-electron chi connectivity index (χ0n) is 13.7. The van der Waals surface area contributed by atoms with Crippen LogP contribution < -0.4 is 14.5 Å². The highest BCUT2D eigenvalue weighted by Gasteiger charge is 2.18. The Balaban J connectivity index is 1.52. The molecule has 0 radical (unpaired) electrons. The van der Waals surface area contributed by atoms with Crippen LogP contribution in [0.5, 0.6) is 5.88 Å². The van der Waals surface area contributed by atoms with Crippen molar-refractivity contribution in [2.75, 3.05) is 43.1 Å². The topological polar surface area (TPSA) is 41.5 Å². The van der Waals surface area contributed by atoms with E-state index in [4.69, 9.17) is 4.74 Å². The van der Waals surface area contributed by atoms with E-state index >= 15 is 0 Å². The summed E-state index contributed by atoms with van der Waals surface area (Å²) in [5.74, 6) is 1.74. The molecule has 0 bridgehead atoms. The Hall–Kier alpha value is -2.82. The van der Waals surface area contributed by atoms with Crippen molar-refractivity contribution in [2.24, 2.45) is 0 Å². The van der Waals surface area contributed by atoms with Crippen molar-refractivity contribution in [3.05, 3.63) is 54.9 Å². The van der Waals surface area contributed by atoms with Gasteiger partial charge in [-0.25, -0.2) is 9.97 Å². The molecule has 3 aromatic rings. The van der Waals surface area contributed by atoms with Crippen molar-refractivity contribution in [1.29, 1.82) is 0 Å². The minimum Gasteiger partial charge on any atom is -0.481 e. The third-order valence-corrected chi connectivity index (χ3v) is 4.52. The van der Waals surface area contributed by atoms with E-state index in [1.165, 1.54) is 5.69 Å². The maximum absolute atomic E-state index is 5.34. The highest BCUT2D eigenvalue weighted by Crippen LogP contribution is 2.28. The predicted octanol–water partition coefficient (Wildman–Crippen LogP) is 2.97. The molecular weight excluding hydrogens is 300 g/mol. The number of fused-ring (bicyclic) bond motifs is 1. The van der Waals surface area contributed by atoms with Crippen molar-refractivity contribution in [3.63, 3.8) is 0 Å². The lowest BCUT2D eigenvalue weighted by atomic mass is 10.1. The minimum absolute atomic E-state index is 0.680. The lowest BCUT2D eigenvalue weighted by molar-refractivity contribution is 0.403. The van der Waals surface area contributed by atoms with Crippen LogP contribution in [0.1, 0.15) is 0 Å². The van der Waals surface area contributed by atoms with E-state index in [0.29, 0.717) is 5.88 Å². The fourth-order valence-electron chi connectivity index (χ4n) is 3.23. The van der Waals surface area contributed by atoms with Gasteiger partial charge in [-0.05, 0) is 41.8 Å². The molecule has 4 rings (SSSR count). The second-order valence-electron chi connectivity index (χ2n) is 5.89. The Bertz CT molecular complexity index is 829. The molecule has 0 amide bonds. The number of anilines is 2. The van der Waals surface area contributed by atoms with E-state index in [0.717, 1.165) is 42.8 Å². The first-order valence-corrected chi connectivity index (χ1v) is 8.19. The van der Waals surface area contributed by atoms with Gasteiger partial charge in [0, 0.05) is 49.6 Å². The molecule has 5 nitrogen and oxygen atoms in total. The van der Waals surface area contributed by atoms with Gasteiger partial charge in [-0.1, -0.05) is 6.07 Å². The van der Waals surface area contributed by atoms with Crippen LogP contribution >= 0.6 is 0 Å². The number of pyridine rings is 2. The zero-order valence-corrected chi connectivity index (χ0v) is 13.7. The van der Waals surface area contributed by atoms with E-state index in [1.807, 2.05) is 24.4 Å². The van der Waals surface area contributed by atoms with E-state index in [1.54, 1.807) is 13.3 Å². The fourth-order valence-corrected chi connectivity index (χ4v) is 3.23. The Morgan fingerprint density at radius 3 is 2.46 bits per heavy atom. The molecule has 3 heterocycles. The van der Waals surface area contributed by atoms with Crippen molar-refractivity contribution >= 4 is 22.3 Å². The van der Waals surface area contributed by atoms with Gasteiger partial charge in [-0.3, -0.25) is 0 Å². The highest BCUT2D eigenvalue weighted by atomic mass is 16.5. The third-order valence-electron chi connectivity index (χ3n) is 4.52. The molecule has 0 aliphatic carbocycles. The number of nitrogens with zero attached hydrogens (tertiary/aromatic N) is 4. The number of aromatic nitrogens is 2. The normalized spacial score (nSPS) is 14.9. The van der Waals surface area contributed by atoms with Crippen LogP contribution in [0.3, 0.4) is 0 Å². The fraction of sp³-hybridized carbons (Fsp3) is 0.263. The smallest absolute Gasteiger partial charge is 0.221 e. The number of piperazine rings is 1. The van der Waals surface area contributed by atoms with Gasteiger partial charge >= 0.3 is 0 Å². The summed E-state index contributed by atoms with van der Waals surface area (Å²) in [6.07, 6.45) is 3.65. The number of ether oxygens (including phenoxy) is 1. The van der Waals surface area contributed by atoms with Crippen LogP contribution in [-0.4, -0.2) is 43.3 Å². The van der Waals surface area contributed by atoms with E-state index in [-0.39, 0.29) is 0 Å².